The van der Waals surface area contributed by atoms with Gasteiger partial charge in [0, 0.05) is 12.0 Å². The smallest absolute Gasteiger partial charge is 0.427 e. The molecule has 4 rings (SSSR count). The maximum atomic E-state index is 11.8. The summed E-state index contributed by atoms with van der Waals surface area (Å²) in [5.74, 6) is 0.220. The molecule has 1 N–H and O–H groups in total. The molecule has 2 atom stereocenters. The summed E-state index contributed by atoms with van der Waals surface area (Å²) in [7, 11) is 0. The van der Waals surface area contributed by atoms with Crippen molar-refractivity contribution in [3.63, 3.8) is 0 Å². The zero-order chi connectivity index (χ0) is 16.0. The molecule has 4 aliphatic carbocycles. The maximum Gasteiger partial charge on any atom is 0.511 e. The molecule has 0 aliphatic heterocycles. The number of aliphatic hydroxyl groups is 1. The van der Waals surface area contributed by atoms with Crippen LogP contribution in [0.25, 0.3) is 0 Å². The number of esters is 1. The van der Waals surface area contributed by atoms with E-state index in [1.807, 2.05) is 0 Å². The van der Waals surface area contributed by atoms with Crippen molar-refractivity contribution in [3.8, 4) is 0 Å². The second kappa shape index (κ2) is 5.26. The third kappa shape index (κ3) is 2.97. The van der Waals surface area contributed by atoms with Crippen molar-refractivity contribution < 1.29 is 28.9 Å². The molecule has 2 unspecified atom stereocenters. The van der Waals surface area contributed by atoms with Gasteiger partial charge in [0.15, 0.2) is 0 Å². The number of hydrogen-bond donors (Lipinski definition) is 1. The monoisotopic (exact) mass is 310 g/mol. The van der Waals surface area contributed by atoms with Gasteiger partial charge in [0.25, 0.3) is 0 Å². The molecule has 22 heavy (non-hydrogen) atoms. The molecule has 6 nitrogen and oxygen atoms in total. The summed E-state index contributed by atoms with van der Waals surface area (Å²) in [4.78, 5) is 23.0. The molecule has 122 valence electrons. The zero-order valence-electron chi connectivity index (χ0n) is 12.8. The second-order valence-electron chi connectivity index (χ2n) is 7.19. The fraction of sp³-hybridized carbons (Fsp3) is 0.750. The standard InChI is InChI=1S/C16H22O6/c1-10(2)13(17)20-9-21-14(18)22-16-6-11-3-12(7-16)5-15(19,4-11)8-16/h11-12,19H,1,3-9H2,2H3. The van der Waals surface area contributed by atoms with E-state index in [0.29, 0.717) is 18.3 Å². The first-order valence-corrected chi connectivity index (χ1v) is 7.70. The van der Waals surface area contributed by atoms with Gasteiger partial charge in [-0.05, 0) is 50.9 Å². The Morgan fingerprint density at radius 2 is 1.82 bits per heavy atom. The van der Waals surface area contributed by atoms with E-state index in [1.54, 1.807) is 0 Å². The molecule has 0 aromatic carbocycles. The van der Waals surface area contributed by atoms with E-state index >= 15 is 0 Å². The molecule has 0 saturated heterocycles. The summed E-state index contributed by atoms with van der Waals surface area (Å²) in [5, 5.41) is 10.6. The first-order valence-electron chi connectivity index (χ1n) is 7.70. The molecule has 4 bridgehead atoms. The molecule has 0 radical (unpaired) electrons. The summed E-state index contributed by atoms with van der Waals surface area (Å²) in [6, 6.07) is 0. The Labute approximate surface area is 129 Å². The molecular weight excluding hydrogens is 288 g/mol. The van der Waals surface area contributed by atoms with E-state index < -0.39 is 30.1 Å². The Bertz CT molecular complexity index is 497. The number of ether oxygens (including phenoxy) is 3. The first-order chi connectivity index (χ1) is 10.3. The van der Waals surface area contributed by atoms with Crippen LogP contribution in [0.3, 0.4) is 0 Å². The molecule has 6 heteroatoms. The third-order valence-electron chi connectivity index (χ3n) is 4.99. The average Bonchev–Trinajstić information content (AvgIpc) is 2.34. The van der Waals surface area contributed by atoms with Crippen LogP contribution in [0.5, 0.6) is 0 Å². The fourth-order valence-electron chi connectivity index (χ4n) is 4.71. The molecule has 0 amide bonds. The molecule has 0 aromatic rings. The van der Waals surface area contributed by atoms with E-state index in [-0.39, 0.29) is 5.57 Å². The van der Waals surface area contributed by atoms with E-state index in [0.717, 1.165) is 32.1 Å². The van der Waals surface area contributed by atoms with E-state index in [9.17, 15) is 14.7 Å². The predicted molar refractivity (Wildman–Crippen MR) is 75.7 cm³/mol. The minimum Gasteiger partial charge on any atom is -0.427 e. The highest BCUT2D eigenvalue weighted by Gasteiger charge is 2.59. The van der Waals surface area contributed by atoms with Gasteiger partial charge >= 0.3 is 12.1 Å². The van der Waals surface area contributed by atoms with Crippen LogP contribution >= 0.6 is 0 Å². The Balaban J connectivity index is 1.53. The zero-order valence-corrected chi connectivity index (χ0v) is 12.8. The van der Waals surface area contributed by atoms with Gasteiger partial charge < -0.3 is 19.3 Å². The molecular formula is C16H22O6. The van der Waals surface area contributed by atoms with E-state index in [4.69, 9.17) is 14.2 Å². The molecule has 4 fully saturated rings. The van der Waals surface area contributed by atoms with Gasteiger partial charge in [0.2, 0.25) is 6.79 Å². The van der Waals surface area contributed by atoms with Crippen molar-refractivity contribution in [1.82, 2.24) is 0 Å². The van der Waals surface area contributed by atoms with Crippen LogP contribution in [0, 0.1) is 11.8 Å². The number of rotatable bonds is 4. The van der Waals surface area contributed by atoms with Gasteiger partial charge in [-0.15, -0.1) is 0 Å². The highest BCUT2D eigenvalue weighted by Crippen LogP contribution is 2.58. The van der Waals surface area contributed by atoms with Crippen molar-refractivity contribution >= 4 is 12.1 Å². The predicted octanol–water partition coefficient (Wildman–Crippen LogP) is 2.30. The van der Waals surface area contributed by atoms with Crippen molar-refractivity contribution in [2.45, 2.75) is 56.7 Å². The Morgan fingerprint density at radius 1 is 1.18 bits per heavy atom. The quantitative estimate of drug-likeness (QED) is 0.487. The SMILES string of the molecule is C=C(C)C(=O)OCOC(=O)OC12CC3CC(CC(O)(C3)C1)C2. The first kappa shape index (κ1) is 15.3. The minimum atomic E-state index is -0.847. The lowest BCUT2D eigenvalue weighted by Gasteiger charge is -2.58. The summed E-state index contributed by atoms with van der Waals surface area (Å²) in [5.41, 5.74) is -1.08. The van der Waals surface area contributed by atoms with Gasteiger partial charge in [0.1, 0.15) is 5.60 Å². The molecule has 0 aromatic heterocycles. The van der Waals surface area contributed by atoms with E-state index in [1.165, 1.54) is 6.92 Å². The van der Waals surface area contributed by atoms with Crippen molar-refractivity contribution in [2.75, 3.05) is 6.79 Å². The van der Waals surface area contributed by atoms with Gasteiger partial charge in [-0.2, -0.15) is 0 Å². The molecule has 4 saturated carbocycles. The minimum absolute atomic E-state index is 0.236. The molecule has 0 spiro atoms. The number of hydrogen-bond acceptors (Lipinski definition) is 6. The lowest BCUT2D eigenvalue weighted by atomic mass is 9.52. The van der Waals surface area contributed by atoms with Crippen LogP contribution in [0.1, 0.15) is 45.4 Å². The molecule has 4 aliphatic rings. The van der Waals surface area contributed by atoms with Gasteiger partial charge in [-0.3, -0.25) is 0 Å². The highest BCUT2D eigenvalue weighted by atomic mass is 16.8. The normalized spacial score (nSPS) is 38.5. The Kier molecular flexibility index (Phi) is 3.67. The Morgan fingerprint density at radius 3 is 2.36 bits per heavy atom. The average molecular weight is 310 g/mol. The van der Waals surface area contributed by atoms with Crippen molar-refractivity contribution in [1.29, 1.82) is 0 Å². The fourth-order valence-corrected chi connectivity index (χ4v) is 4.71. The number of carbonyl (C=O) groups is 2. The van der Waals surface area contributed by atoms with Gasteiger partial charge in [-0.1, -0.05) is 6.58 Å². The topological polar surface area (TPSA) is 82.1 Å². The van der Waals surface area contributed by atoms with Crippen LogP contribution in [-0.4, -0.2) is 35.2 Å². The van der Waals surface area contributed by atoms with Crippen LogP contribution in [0.2, 0.25) is 0 Å². The lowest BCUT2D eigenvalue weighted by Crippen LogP contribution is -2.60. The van der Waals surface area contributed by atoms with Crippen LogP contribution < -0.4 is 0 Å². The maximum absolute atomic E-state index is 11.8. The van der Waals surface area contributed by atoms with Crippen LogP contribution in [-0.2, 0) is 19.0 Å². The summed E-state index contributed by atoms with van der Waals surface area (Å²) >= 11 is 0. The largest absolute Gasteiger partial charge is 0.511 e. The third-order valence-corrected chi connectivity index (χ3v) is 4.99. The summed E-state index contributed by atoms with van der Waals surface area (Å²) < 4.78 is 15.0. The second-order valence-corrected chi connectivity index (χ2v) is 7.19. The highest BCUT2D eigenvalue weighted by molar-refractivity contribution is 5.86. The van der Waals surface area contributed by atoms with Crippen molar-refractivity contribution in [2.24, 2.45) is 11.8 Å². The summed E-state index contributed by atoms with van der Waals surface area (Å²) in [6.45, 7) is 4.46. The van der Waals surface area contributed by atoms with Crippen LogP contribution in [0.15, 0.2) is 12.2 Å². The van der Waals surface area contributed by atoms with Gasteiger partial charge in [0.05, 0.1) is 5.60 Å². The van der Waals surface area contributed by atoms with Crippen molar-refractivity contribution in [3.05, 3.63) is 12.2 Å². The molecule has 0 heterocycles. The van der Waals surface area contributed by atoms with Gasteiger partial charge in [-0.25, -0.2) is 9.59 Å². The number of carbonyl (C=O) groups excluding carboxylic acids is 2. The summed E-state index contributed by atoms with van der Waals surface area (Å²) in [6.07, 6.45) is 3.92. The van der Waals surface area contributed by atoms with E-state index in [2.05, 4.69) is 6.58 Å². The Hall–Kier alpha value is -1.56. The van der Waals surface area contributed by atoms with Crippen LogP contribution in [0.4, 0.5) is 4.79 Å². The lowest BCUT2D eigenvalue weighted by molar-refractivity contribution is -0.207.